The summed E-state index contributed by atoms with van der Waals surface area (Å²) in [5, 5.41) is 2.10. The number of anilines is 1. The summed E-state index contributed by atoms with van der Waals surface area (Å²) in [5.41, 5.74) is 10.4. The maximum absolute atomic E-state index is 6.14. The van der Waals surface area contributed by atoms with E-state index in [2.05, 4.69) is 43.1 Å². The highest BCUT2D eigenvalue weighted by Crippen LogP contribution is 2.30. The third-order valence-electron chi connectivity index (χ3n) is 3.74. The van der Waals surface area contributed by atoms with Gasteiger partial charge in [-0.3, -0.25) is 0 Å². The van der Waals surface area contributed by atoms with E-state index in [9.17, 15) is 0 Å². The number of aryl methyl sites for hydroxylation is 2. The average molecular weight is 278 g/mol. The standard InChI is InChI=1S/C18H18N2O/c1-11-4-6-13-9-17(20-18(19)16(13)8-11)15-10-14(21-3)7-5-12(15)2/h4-10H,1-3H3,(H2,19,20). The van der Waals surface area contributed by atoms with Crippen molar-refractivity contribution in [2.75, 3.05) is 12.8 Å². The van der Waals surface area contributed by atoms with E-state index in [0.29, 0.717) is 5.82 Å². The van der Waals surface area contributed by atoms with E-state index in [-0.39, 0.29) is 0 Å². The van der Waals surface area contributed by atoms with Gasteiger partial charge in [0.25, 0.3) is 0 Å². The number of benzene rings is 2. The van der Waals surface area contributed by atoms with Gasteiger partial charge in [-0.25, -0.2) is 4.98 Å². The summed E-state index contributed by atoms with van der Waals surface area (Å²) in [6.07, 6.45) is 0. The van der Waals surface area contributed by atoms with E-state index in [0.717, 1.165) is 33.3 Å². The molecule has 3 heteroatoms. The molecule has 0 aliphatic rings. The van der Waals surface area contributed by atoms with Gasteiger partial charge in [0.05, 0.1) is 12.8 Å². The molecular formula is C18H18N2O. The first kappa shape index (κ1) is 13.4. The lowest BCUT2D eigenvalue weighted by molar-refractivity contribution is 0.415. The number of aromatic nitrogens is 1. The Labute approximate surface area is 124 Å². The highest BCUT2D eigenvalue weighted by molar-refractivity contribution is 5.94. The van der Waals surface area contributed by atoms with Crippen molar-refractivity contribution in [3.8, 4) is 17.0 Å². The van der Waals surface area contributed by atoms with Crippen LogP contribution in [0.2, 0.25) is 0 Å². The minimum absolute atomic E-state index is 0.563. The molecule has 0 fully saturated rings. The fourth-order valence-electron chi connectivity index (χ4n) is 2.53. The Kier molecular flexibility index (Phi) is 3.26. The van der Waals surface area contributed by atoms with Crippen LogP contribution in [-0.4, -0.2) is 12.1 Å². The molecular weight excluding hydrogens is 260 g/mol. The van der Waals surface area contributed by atoms with Crippen LogP contribution < -0.4 is 10.5 Å². The molecule has 2 aromatic carbocycles. The van der Waals surface area contributed by atoms with Crippen molar-refractivity contribution in [2.45, 2.75) is 13.8 Å². The number of nitrogens with zero attached hydrogens (tertiary/aromatic N) is 1. The van der Waals surface area contributed by atoms with Crippen LogP contribution in [0.5, 0.6) is 5.75 Å². The van der Waals surface area contributed by atoms with Crippen molar-refractivity contribution in [3.63, 3.8) is 0 Å². The van der Waals surface area contributed by atoms with Gasteiger partial charge >= 0.3 is 0 Å². The topological polar surface area (TPSA) is 48.1 Å². The second-order valence-electron chi connectivity index (χ2n) is 5.30. The number of nitrogen functional groups attached to an aromatic ring is 1. The van der Waals surface area contributed by atoms with E-state index in [1.165, 1.54) is 5.56 Å². The maximum atomic E-state index is 6.14. The highest BCUT2D eigenvalue weighted by Gasteiger charge is 2.09. The van der Waals surface area contributed by atoms with Gasteiger partial charge in [0.1, 0.15) is 11.6 Å². The number of hydrogen-bond donors (Lipinski definition) is 1. The molecule has 0 bridgehead atoms. The normalized spacial score (nSPS) is 10.8. The van der Waals surface area contributed by atoms with Gasteiger partial charge < -0.3 is 10.5 Å². The molecule has 0 aliphatic carbocycles. The van der Waals surface area contributed by atoms with Crippen LogP contribution in [-0.2, 0) is 0 Å². The van der Waals surface area contributed by atoms with Gasteiger partial charge in [-0.1, -0.05) is 23.8 Å². The number of pyridine rings is 1. The third kappa shape index (κ3) is 2.42. The minimum Gasteiger partial charge on any atom is -0.497 e. The van der Waals surface area contributed by atoms with E-state index in [1.807, 2.05) is 18.2 Å². The first-order chi connectivity index (χ1) is 10.1. The zero-order chi connectivity index (χ0) is 15.0. The Morgan fingerprint density at radius 2 is 1.81 bits per heavy atom. The zero-order valence-electron chi connectivity index (χ0n) is 12.5. The molecule has 0 spiro atoms. The molecule has 106 valence electrons. The molecule has 0 radical (unpaired) electrons. The summed E-state index contributed by atoms with van der Waals surface area (Å²) < 4.78 is 5.31. The summed E-state index contributed by atoms with van der Waals surface area (Å²) in [6, 6.07) is 14.3. The molecule has 3 aromatic rings. The lowest BCUT2D eigenvalue weighted by Gasteiger charge is -2.11. The maximum Gasteiger partial charge on any atom is 0.131 e. The Bertz CT molecular complexity index is 825. The summed E-state index contributed by atoms with van der Waals surface area (Å²) in [7, 11) is 1.67. The van der Waals surface area contributed by atoms with Crippen molar-refractivity contribution in [1.29, 1.82) is 0 Å². The van der Waals surface area contributed by atoms with Gasteiger partial charge in [-0.15, -0.1) is 0 Å². The molecule has 1 heterocycles. The van der Waals surface area contributed by atoms with Crippen LogP contribution in [0.15, 0.2) is 42.5 Å². The van der Waals surface area contributed by atoms with Gasteiger partial charge in [-0.2, -0.15) is 0 Å². The Morgan fingerprint density at radius 1 is 1.00 bits per heavy atom. The van der Waals surface area contributed by atoms with E-state index in [4.69, 9.17) is 10.5 Å². The number of fused-ring (bicyclic) bond motifs is 1. The molecule has 0 unspecified atom stereocenters. The monoisotopic (exact) mass is 278 g/mol. The molecule has 3 nitrogen and oxygen atoms in total. The molecule has 3 rings (SSSR count). The van der Waals surface area contributed by atoms with Crippen molar-refractivity contribution in [3.05, 3.63) is 53.6 Å². The predicted octanol–water partition coefficient (Wildman–Crippen LogP) is 4.11. The van der Waals surface area contributed by atoms with Crippen LogP contribution in [0, 0.1) is 13.8 Å². The van der Waals surface area contributed by atoms with Crippen LogP contribution in [0.4, 0.5) is 5.82 Å². The van der Waals surface area contributed by atoms with Crippen LogP contribution >= 0.6 is 0 Å². The lowest BCUT2D eigenvalue weighted by atomic mass is 10.0. The van der Waals surface area contributed by atoms with Gasteiger partial charge in [-0.05, 0) is 49.1 Å². The summed E-state index contributed by atoms with van der Waals surface area (Å²) >= 11 is 0. The number of methoxy groups -OCH3 is 1. The zero-order valence-corrected chi connectivity index (χ0v) is 12.5. The molecule has 0 saturated heterocycles. The van der Waals surface area contributed by atoms with Crippen molar-refractivity contribution in [2.24, 2.45) is 0 Å². The Balaban J connectivity index is 2.24. The number of ether oxygens (including phenoxy) is 1. The average Bonchev–Trinajstić information content (AvgIpc) is 2.48. The van der Waals surface area contributed by atoms with Crippen LogP contribution in [0.3, 0.4) is 0 Å². The SMILES string of the molecule is COc1ccc(C)c(-c2cc3ccc(C)cc3c(N)n2)c1. The predicted molar refractivity (Wildman–Crippen MR) is 87.6 cm³/mol. The first-order valence-electron chi connectivity index (χ1n) is 6.90. The molecule has 0 saturated carbocycles. The van der Waals surface area contributed by atoms with Crippen LogP contribution in [0.25, 0.3) is 22.0 Å². The molecule has 1 aromatic heterocycles. The van der Waals surface area contributed by atoms with E-state index in [1.54, 1.807) is 7.11 Å². The quantitative estimate of drug-likeness (QED) is 0.767. The Hall–Kier alpha value is -2.55. The van der Waals surface area contributed by atoms with Crippen molar-refractivity contribution >= 4 is 16.6 Å². The largest absolute Gasteiger partial charge is 0.497 e. The number of rotatable bonds is 2. The summed E-state index contributed by atoms with van der Waals surface area (Å²) in [6.45, 7) is 4.12. The van der Waals surface area contributed by atoms with E-state index >= 15 is 0 Å². The first-order valence-corrected chi connectivity index (χ1v) is 6.90. The molecule has 0 aliphatic heterocycles. The third-order valence-corrected chi connectivity index (χ3v) is 3.74. The minimum atomic E-state index is 0.563. The molecule has 0 atom stereocenters. The fraction of sp³-hybridized carbons (Fsp3) is 0.167. The highest BCUT2D eigenvalue weighted by atomic mass is 16.5. The van der Waals surface area contributed by atoms with Crippen LogP contribution in [0.1, 0.15) is 11.1 Å². The summed E-state index contributed by atoms with van der Waals surface area (Å²) in [5.74, 6) is 1.38. The van der Waals surface area contributed by atoms with Crippen molar-refractivity contribution < 1.29 is 4.74 Å². The molecule has 2 N–H and O–H groups in total. The van der Waals surface area contributed by atoms with Gasteiger partial charge in [0, 0.05) is 10.9 Å². The number of hydrogen-bond acceptors (Lipinski definition) is 3. The molecule has 0 amide bonds. The second-order valence-corrected chi connectivity index (χ2v) is 5.30. The summed E-state index contributed by atoms with van der Waals surface area (Å²) in [4.78, 5) is 4.57. The fourth-order valence-corrected chi connectivity index (χ4v) is 2.53. The van der Waals surface area contributed by atoms with Crippen molar-refractivity contribution in [1.82, 2.24) is 4.98 Å². The van der Waals surface area contributed by atoms with Gasteiger partial charge in [0.15, 0.2) is 0 Å². The second kappa shape index (κ2) is 5.09. The smallest absolute Gasteiger partial charge is 0.131 e. The number of nitrogens with two attached hydrogens (primary N) is 1. The van der Waals surface area contributed by atoms with E-state index < -0.39 is 0 Å². The molecule has 21 heavy (non-hydrogen) atoms. The van der Waals surface area contributed by atoms with Gasteiger partial charge in [0.2, 0.25) is 0 Å². The lowest BCUT2D eigenvalue weighted by Crippen LogP contribution is -1.96. The Morgan fingerprint density at radius 3 is 2.57 bits per heavy atom.